The molecule has 1 aliphatic heterocycles. The van der Waals surface area contributed by atoms with E-state index in [1.165, 1.54) is 0 Å². The molecule has 0 N–H and O–H groups in total. The van der Waals surface area contributed by atoms with Crippen molar-refractivity contribution in [1.29, 1.82) is 0 Å². The molecule has 2 aromatic rings. The predicted molar refractivity (Wildman–Crippen MR) is 96.7 cm³/mol. The highest BCUT2D eigenvalue weighted by Crippen LogP contribution is 2.27. The van der Waals surface area contributed by atoms with Gasteiger partial charge in [-0.25, -0.2) is 0 Å². The number of hydrogen-bond donors (Lipinski definition) is 0. The molecule has 3 rings (SSSR count). The molecule has 0 spiro atoms. The van der Waals surface area contributed by atoms with E-state index in [0.29, 0.717) is 5.92 Å². The van der Waals surface area contributed by atoms with E-state index in [4.69, 9.17) is 0 Å². The highest BCUT2D eigenvalue weighted by molar-refractivity contribution is 5.81. The number of carbonyl (C=O) groups is 1. The number of rotatable bonds is 3. The minimum Gasteiger partial charge on any atom is -0.342 e. The molecule has 1 saturated heterocycles. The number of aromatic nitrogens is 4. The monoisotopic (exact) mass is 341 g/mol. The molecule has 134 valence electrons. The number of aryl methyl sites for hydroxylation is 1. The first-order valence-corrected chi connectivity index (χ1v) is 8.94. The van der Waals surface area contributed by atoms with Crippen molar-refractivity contribution in [3.05, 3.63) is 30.4 Å². The summed E-state index contributed by atoms with van der Waals surface area (Å²) in [6.07, 6.45) is 8.25. The van der Waals surface area contributed by atoms with E-state index in [1.807, 2.05) is 43.5 Å². The predicted octanol–water partition coefficient (Wildman–Crippen LogP) is 2.70. The maximum absolute atomic E-state index is 12.6. The van der Waals surface area contributed by atoms with Gasteiger partial charge in [0.25, 0.3) is 0 Å². The van der Waals surface area contributed by atoms with Crippen molar-refractivity contribution in [2.75, 3.05) is 13.1 Å². The highest BCUT2D eigenvalue weighted by atomic mass is 16.2. The molecular weight excluding hydrogens is 314 g/mol. The molecule has 1 fully saturated rings. The average Bonchev–Trinajstić information content (AvgIpc) is 3.00. The normalized spacial score (nSPS) is 18.4. The van der Waals surface area contributed by atoms with Crippen LogP contribution < -0.4 is 0 Å². The van der Waals surface area contributed by atoms with Gasteiger partial charge in [0, 0.05) is 44.1 Å². The lowest BCUT2D eigenvalue weighted by atomic mass is 9.89. The van der Waals surface area contributed by atoms with Crippen LogP contribution in [-0.2, 0) is 18.3 Å². The van der Waals surface area contributed by atoms with Crippen molar-refractivity contribution in [3.8, 4) is 11.4 Å². The Morgan fingerprint density at radius 2 is 2.00 bits per heavy atom. The molecule has 6 nitrogen and oxygen atoms in total. The van der Waals surface area contributed by atoms with Crippen LogP contribution in [0.3, 0.4) is 0 Å². The van der Waals surface area contributed by atoms with Crippen LogP contribution >= 0.6 is 0 Å². The number of hydrogen-bond acceptors (Lipinski definition) is 4. The summed E-state index contributed by atoms with van der Waals surface area (Å²) in [6, 6.07) is 1.96. The Morgan fingerprint density at radius 3 is 2.68 bits per heavy atom. The van der Waals surface area contributed by atoms with Crippen LogP contribution in [0.1, 0.15) is 39.3 Å². The lowest BCUT2D eigenvalue weighted by molar-refractivity contribution is -0.141. The van der Waals surface area contributed by atoms with Gasteiger partial charge in [0.15, 0.2) is 0 Å². The van der Waals surface area contributed by atoms with Gasteiger partial charge in [-0.2, -0.15) is 5.10 Å². The maximum atomic E-state index is 12.6. The number of piperidine rings is 1. The fourth-order valence-electron chi connectivity index (χ4n) is 3.50. The summed E-state index contributed by atoms with van der Waals surface area (Å²) < 4.78 is 1.82. The third-order valence-corrected chi connectivity index (χ3v) is 4.77. The van der Waals surface area contributed by atoms with Crippen molar-refractivity contribution >= 4 is 5.91 Å². The summed E-state index contributed by atoms with van der Waals surface area (Å²) in [5.41, 5.74) is 2.53. The van der Waals surface area contributed by atoms with Crippen LogP contribution in [-0.4, -0.2) is 43.6 Å². The zero-order valence-corrected chi connectivity index (χ0v) is 15.6. The molecule has 1 amide bonds. The fraction of sp³-hybridized carbons (Fsp3) is 0.579. The summed E-state index contributed by atoms with van der Waals surface area (Å²) in [5.74, 6) is 0.659. The van der Waals surface area contributed by atoms with E-state index in [9.17, 15) is 4.79 Å². The van der Waals surface area contributed by atoms with Gasteiger partial charge in [-0.15, -0.1) is 0 Å². The fourth-order valence-corrected chi connectivity index (χ4v) is 3.50. The van der Waals surface area contributed by atoms with E-state index in [-0.39, 0.29) is 11.3 Å². The van der Waals surface area contributed by atoms with E-state index in [2.05, 4.69) is 15.1 Å². The van der Waals surface area contributed by atoms with Gasteiger partial charge < -0.3 is 4.90 Å². The largest absolute Gasteiger partial charge is 0.342 e. The van der Waals surface area contributed by atoms with Gasteiger partial charge in [-0.3, -0.25) is 19.4 Å². The summed E-state index contributed by atoms with van der Waals surface area (Å²) in [7, 11) is 1.91. The van der Waals surface area contributed by atoms with Crippen LogP contribution in [0, 0.1) is 11.3 Å². The zero-order valence-electron chi connectivity index (χ0n) is 15.6. The third-order valence-electron chi connectivity index (χ3n) is 4.77. The van der Waals surface area contributed by atoms with Crippen LogP contribution in [0.25, 0.3) is 11.4 Å². The smallest absolute Gasteiger partial charge is 0.227 e. The van der Waals surface area contributed by atoms with Crippen LogP contribution in [0.2, 0.25) is 0 Å². The zero-order chi connectivity index (χ0) is 18.0. The number of nitrogens with zero attached hydrogens (tertiary/aromatic N) is 5. The quantitative estimate of drug-likeness (QED) is 0.861. The van der Waals surface area contributed by atoms with Crippen molar-refractivity contribution < 1.29 is 4.79 Å². The van der Waals surface area contributed by atoms with Crippen LogP contribution in [0.4, 0.5) is 0 Å². The second-order valence-electron chi connectivity index (χ2n) is 7.91. The molecule has 0 bridgehead atoms. The topological polar surface area (TPSA) is 63.9 Å². The first kappa shape index (κ1) is 17.6. The molecule has 0 radical (unpaired) electrons. The highest BCUT2D eigenvalue weighted by Gasteiger charge is 2.31. The summed E-state index contributed by atoms with van der Waals surface area (Å²) in [5, 5.41) is 4.24. The van der Waals surface area contributed by atoms with Crippen molar-refractivity contribution in [2.24, 2.45) is 18.4 Å². The molecule has 1 unspecified atom stereocenters. The van der Waals surface area contributed by atoms with Gasteiger partial charge in [0.1, 0.15) is 5.69 Å². The Balaban J connectivity index is 1.77. The second kappa shape index (κ2) is 6.94. The van der Waals surface area contributed by atoms with E-state index in [0.717, 1.165) is 49.4 Å². The molecule has 2 aromatic heterocycles. The number of carbonyl (C=O) groups excluding carboxylic acids is 1. The minimum atomic E-state index is -0.325. The lowest BCUT2D eigenvalue weighted by Gasteiger charge is -2.36. The van der Waals surface area contributed by atoms with Crippen molar-refractivity contribution in [1.82, 2.24) is 24.6 Å². The van der Waals surface area contributed by atoms with Crippen LogP contribution in [0.15, 0.2) is 24.7 Å². The summed E-state index contributed by atoms with van der Waals surface area (Å²) >= 11 is 0. The summed E-state index contributed by atoms with van der Waals surface area (Å²) in [4.78, 5) is 23.7. The van der Waals surface area contributed by atoms with Crippen molar-refractivity contribution in [3.63, 3.8) is 0 Å². The number of likely N-dealkylation sites (tertiary alicyclic amines) is 1. The molecule has 1 aliphatic rings. The van der Waals surface area contributed by atoms with E-state index >= 15 is 0 Å². The first-order valence-electron chi connectivity index (χ1n) is 8.94. The molecule has 0 aromatic carbocycles. The van der Waals surface area contributed by atoms with E-state index < -0.39 is 0 Å². The molecule has 6 heteroatoms. The van der Waals surface area contributed by atoms with E-state index in [1.54, 1.807) is 18.6 Å². The van der Waals surface area contributed by atoms with Gasteiger partial charge in [0.2, 0.25) is 5.91 Å². The summed E-state index contributed by atoms with van der Waals surface area (Å²) in [6.45, 7) is 7.63. The Morgan fingerprint density at radius 1 is 1.24 bits per heavy atom. The van der Waals surface area contributed by atoms with Gasteiger partial charge in [0.05, 0.1) is 11.4 Å². The molecule has 0 saturated carbocycles. The van der Waals surface area contributed by atoms with Crippen molar-refractivity contribution in [2.45, 2.75) is 40.0 Å². The molecular formula is C19H27N5O. The van der Waals surface area contributed by atoms with Gasteiger partial charge in [-0.05, 0) is 31.2 Å². The Kier molecular flexibility index (Phi) is 4.88. The van der Waals surface area contributed by atoms with Crippen LogP contribution in [0.5, 0.6) is 0 Å². The first-order chi connectivity index (χ1) is 11.9. The Hall–Kier alpha value is -2.24. The second-order valence-corrected chi connectivity index (χ2v) is 7.91. The molecule has 0 aliphatic carbocycles. The Labute approximate surface area is 149 Å². The maximum Gasteiger partial charge on any atom is 0.227 e. The average molecular weight is 341 g/mol. The molecule has 3 heterocycles. The molecule has 1 atom stereocenters. The SMILES string of the molecule is Cn1nccc1-c1nccnc1CC1CCCN(C(=O)C(C)(C)C)C1. The van der Waals surface area contributed by atoms with Gasteiger partial charge >= 0.3 is 0 Å². The minimum absolute atomic E-state index is 0.239. The number of amides is 1. The Bertz CT molecular complexity index is 746. The molecule has 25 heavy (non-hydrogen) atoms. The standard InChI is InChI=1S/C19H27N5O/c1-19(2,3)18(25)24-11-5-6-14(13-24)12-15-17(21-10-9-20-15)16-7-8-22-23(16)4/h7-10,14H,5-6,11-13H2,1-4H3. The third kappa shape index (κ3) is 3.89. The van der Waals surface area contributed by atoms with Gasteiger partial charge in [-0.1, -0.05) is 20.8 Å². The lowest BCUT2D eigenvalue weighted by Crippen LogP contribution is -2.45.